The van der Waals surface area contributed by atoms with Gasteiger partial charge in [0.25, 0.3) is 5.91 Å². The Morgan fingerprint density at radius 1 is 1.15 bits per heavy atom. The first-order valence-corrected chi connectivity index (χ1v) is 9.20. The van der Waals surface area contributed by atoms with Gasteiger partial charge >= 0.3 is 0 Å². The normalized spacial score (nSPS) is 14.9. The molecule has 1 aromatic carbocycles. The van der Waals surface area contributed by atoms with Crippen LogP contribution in [0.25, 0.3) is 0 Å². The molecule has 1 fully saturated rings. The van der Waals surface area contributed by atoms with Gasteiger partial charge in [0.1, 0.15) is 5.75 Å². The van der Waals surface area contributed by atoms with E-state index in [4.69, 9.17) is 16.3 Å². The average molecular weight is 390 g/mol. The van der Waals surface area contributed by atoms with Crippen LogP contribution in [0.2, 0.25) is 5.02 Å². The second-order valence-electron chi connectivity index (χ2n) is 6.66. The van der Waals surface area contributed by atoms with Crippen LogP contribution in [0, 0.1) is 13.8 Å². The predicted molar refractivity (Wildman–Crippen MR) is 107 cm³/mol. The first-order valence-electron chi connectivity index (χ1n) is 8.82. The van der Waals surface area contributed by atoms with Crippen molar-refractivity contribution in [1.82, 2.24) is 14.9 Å². The van der Waals surface area contributed by atoms with Crippen LogP contribution in [0.5, 0.6) is 5.75 Å². The van der Waals surface area contributed by atoms with Crippen molar-refractivity contribution in [2.24, 2.45) is 0 Å². The third kappa shape index (κ3) is 4.31. The van der Waals surface area contributed by atoms with Crippen LogP contribution in [-0.2, 0) is 0 Å². The number of carbonyl (C=O) groups is 1. The molecule has 2 heterocycles. The molecule has 0 unspecified atom stereocenters. The van der Waals surface area contributed by atoms with Crippen molar-refractivity contribution in [3.63, 3.8) is 0 Å². The molecule has 1 aliphatic heterocycles. The summed E-state index contributed by atoms with van der Waals surface area (Å²) in [5.41, 5.74) is 2.43. The Labute approximate surface area is 164 Å². The van der Waals surface area contributed by atoms with Gasteiger partial charge in [-0.1, -0.05) is 11.6 Å². The van der Waals surface area contributed by atoms with Crippen molar-refractivity contribution in [3.05, 3.63) is 40.2 Å². The Balaban J connectivity index is 1.83. The lowest BCUT2D eigenvalue weighted by atomic mass is 10.1. The number of likely N-dealkylation sites (N-methyl/N-ethyl adjacent to an activating group) is 1. The van der Waals surface area contributed by atoms with Crippen LogP contribution in [-0.4, -0.2) is 61.1 Å². The smallest absolute Gasteiger partial charge is 0.259 e. The number of nitrogens with zero attached hydrogens (tertiary/aromatic N) is 4. The van der Waals surface area contributed by atoms with E-state index < -0.39 is 0 Å². The van der Waals surface area contributed by atoms with E-state index in [0.29, 0.717) is 28.0 Å². The van der Waals surface area contributed by atoms with Crippen LogP contribution in [0.1, 0.15) is 21.7 Å². The van der Waals surface area contributed by atoms with Crippen molar-refractivity contribution in [2.75, 3.05) is 50.6 Å². The van der Waals surface area contributed by atoms with Gasteiger partial charge in [-0.25, -0.2) is 9.97 Å². The molecule has 3 rings (SSSR count). The number of hydrogen-bond acceptors (Lipinski definition) is 6. The van der Waals surface area contributed by atoms with Gasteiger partial charge in [-0.05, 0) is 39.1 Å². The molecule has 1 amide bonds. The SMILES string of the molecule is COc1ccc(Cl)cc1C(=O)Nc1c(C)nc(N2CCN(C)CC2)nc1C. The minimum Gasteiger partial charge on any atom is -0.496 e. The lowest BCUT2D eigenvalue weighted by Crippen LogP contribution is -2.45. The van der Waals surface area contributed by atoms with E-state index in [1.54, 1.807) is 18.2 Å². The van der Waals surface area contributed by atoms with Crippen molar-refractivity contribution >= 4 is 29.1 Å². The molecule has 0 saturated carbocycles. The summed E-state index contributed by atoms with van der Waals surface area (Å²) in [5.74, 6) is 0.857. The number of rotatable bonds is 4. The molecule has 2 aromatic rings. The third-order valence-electron chi connectivity index (χ3n) is 4.69. The number of aryl methyl sites for hydroxylation is 2. The topological polar surface area (TPSA) is 70.6 Å². The van der Waals surface area contributed by atoms with Gasteiger partial charge in [-0.2, -0.15) is 0 Å². The summed E-state index contributed by atoms with van der Waals surface area (Å²) >= 11 is 6.03. The molecule has 1 aliphatic rings. The largest absolute Gasteiger partial charge is 0.496 e. The van der Waals surface area contributed by atoms with Crippen LogP contribution >= 0.6 is 11.6 Å². The van der Waals surface area contributed by atoms with E-state index >= 15 is 0 Å². The zero-order valence-corrected chi connectivity index (χ0v) is 16.8. The number of halogens is 1. The molecule has 0 radical (unpaired) electrons. The lowest BCUT2D eigenvalue weighted by Gasteiger charge is -2.32. The highest BCUT2D eigenvalue weighted by molar-refractivity contribution is 6.31. The summed E-state index contributed by atoms with van der Waals surface area (Å²) in [6.07, 6.45) is 0. The molecule has 0 aliphatic carbocycles. The van der Waals surface area contributed by atoms with Gasteiger partial charge in [-0.3, -0.25) is 4.79 Å². The van der Waals surface area contributed by atoms with E-state index in [0.717, 1.165) is 37.6 Å². The van der Waals surface area contributed by atoms with Crippen molar-refractivity contribution in [1.29, 1.82) is 0 Å². The van der Waals surface area contributed by atoms with Crippen LogP contribution in [0.15, 0.2) is 18.2 Å². The number of aromatic nitrogens is 2. The fourth-order valence-electron chi connectivity index (χ4n) is 3.07. The Morgan fingerprint density at radius 3 is 2.37 bits per heavy atom. The lowest BCUT2D eigenvalue weighted by molar-refractivity contribution is 0.102. The average Bonchev–Trinajstić information content (AvgIpc) is 2.65. The summed E-state index contributed by atoms with van der Waals surface area (Å²) < 4.78 is 5.27. The van der Waals surface area contributed by atoms with Gasteiger partial charge < -0.3 is 19.9 Å². The molecule has 0 bridgehead atoms. The standard InChI is InChI=1S/C19H24ClN5O2/c1-12-17(23-18(26)15-11-14(20)5-6-16(15)27-4)13(2)22-19(21-12)25-9-7-24(3)8-10-25/h5-6,11H,7-10H2,1-4H3,(H,23,26). The van der Waals surface area contributed by atoms with E-state index in [1.165, 1.54) is 7.11 Å². The molecule has 0 spiro atoms. The number of nitrogens with one attached hydrogen (secondary N) is 1. The fraction of sp³-hybridized carbons (Fsp3) is 0.421. The van der Waals surface area contributed by atoms with Crippen LogP contribution in [0.3, 0.4) is 0 Å². The Kier molecular flexibility index (Phi) is 5.82. The van der Waals surface area contributed by atoms with Crippen molar-refractivity contribution in [2.45, 2.75) is 13.8 Å². The molecule has 1 saturated heterocycles. The van der Waals surface area contributed by atoms with Gasteiger partial charge in [-0.15, -0.1) is 0 Å². The summed E-state index contributed by atoms with van der Waals surface area (Å²) in [4.78, 5) is 26.4. The van der Waals surface area contributed by atoms with Gasteiger partial charge in [0.2, 0.25) is 5.95 Å². The summed E-state index contributed by atoms with van der Waals surface area (Å²) in [6.45, 7) is 7.49. The molecule has 0 atom stereocenters. The van der Waals surface area contributed by atoms with E-state index in [-0.39, 0.29) is 5.91 Å². The third-order valence-corrected chi connectivity index (χ3v) is 4.92. The Bertz CT molecular complexity index is 827. The minimum atomic E-state index is -0.309. The highest BCUT2D eigenvalue weighted by Crippen LogP contribution is 2.26. The Hall–Kier alpha value is -2.38. The zero-order chi connectivity index (χ0) is 19.6. The number of carbonyl (C=O) groups excluding carboxylic acids is 1. The number of anilines is 2. The van der Waals surface area contributed by atoms with Gasteiger partial charge in [0.05, 0.1) is 29.7 Å². The Morgan fingerprint density at radius 2 is 1.78 bits per heavy atom. The first kappa shape index (κ1) is 19.4. The highest BCUT2D eigenvalue weighted by atomic mass is 35.5. The van der Waals surface area contributed by atoms with Crippen LogP contribution < -0.4 is 15.0 Å². The number of benzene rings is 1. The number of ether oxygens (including phenoxy) is 1. The summed E-state index contributed by atoms with van der Waals surface area (Å²) in [5, 5.41) is 3.37. The number of methoxy groups -OCH3 is 1. The monoisotopic (exact) mass is 389 g/mol. The number of piperazine rings is 1. The predicted octanol–water partition coefficient (Wildman–Crippen LogP) is 2.76. The van der Waals surface area contributed by atoms with Gasteiger partial charge in [0, 0.05) is 31.2 Å². The molecule has 1 N–H and O–H groups in total. The molecule has 8 heteroatoms. The molecular formula is C19H24ClN5O2. The molecule has 1 aromatic heterocycles. The minimum absolute atomic E-state index is 0.309. The molecular weight excluding hydrogens is 366 g/mol. The fourth-order valence-corrected chi connectivity index (χ4v) is 3.24. The maximum Gasteiger partial charge on any atom is 0.259 e. The van der Waals surface area contributed by atoms with E-state index in [2.05, 4.69) is 32.1 Å². The second-order valence-corrected chi connectivity index (χ2v) is 7.09. The summed E-state index contributed by atoms with van der Waals surface area (Å²) in [6, 6.07) is 4.94. The number of amides is 1. The molecule has 7 nitrogen and oxygen atoms in total. The first-order chi connectivity index (χ1) is 12.9. The van der Waals surface area contributed by atoms with E-state index in [9.17, 15) is 4.79 Å². The number of hydrogen-bond donors (Lipinski definition) is 1. The van der Waals surface area contributed by atoms with Gasteiger partial charge in [0.15, 0.2) is 0 Å². The summed E-state index contributed by atoms with van der Waals surface area (Å²) in [7, 11) is 3.63. The van der Waals surface area contributed by atoms with Crippen molar-refractivity contribution in [3.8, 4) is 5.75 Å². The quantitative estimate of drug-likeness (QED) is 0.867. The molecule has 144 valence electrons. The van der Waals surface area contributed by atoms with Crippen LogP contribution in [0.4, 0.5) is 11.6 Å². The molecule has 27 heavy (non-hydrogen) atoms. The maximum absolute atomic E-state index is 12.8. The second kappa shape index (κ2) is 8.10. The maximum atomic E-state index is 12.8. The van der Waals surface area contributed by atoms with Crippen molar-refractivity contribution < 1.29 is 9.53 Å². The van der Waals surface area contributed by atoms with E-state index in [1.807, 2.05) is 13.8 Å². The highest BCUT2D eigenvalue weighted by Gasteiger charge is 2.20. The zero-order valence-electron chi connectivity index (χ0n) is 16.0.